The summed E-state index contributed by atoms with van der Waals surface area (Å²) in [6, 6.07) is 7.08. The molecule has 3 heterocycles. The Kier molecular flexibility index (Phi) is 8.30. The van der Waals surface area contributed by atoms with Gasteiger partial charge in [0.05, 0.1) is 12.7 Å². The minimum Gasteiger partial charge on any atom is -0.507 e. The molecule has 2 saturated heterocycles. The molecule has 1 aromatic heterocycles. The van der Waals surface area contributed by atoms with Gasteiger partial charge in [0.25, 0.3) is 0 Å². The van der Waals surface area contributed by atoms with Gasteiger partial charge >= 0.3 is 0 Å². The van der Waals surface area contributed by atoms with Gasteiger partial charge < -0.3 is 69.3 Å². The summed E-state index contributed by atoms with van der Waals surface area (Å²) in [6.45, 7) is 0.671. The summed E-state index contributed by atoms with van der Waals surface area (Å²) in [5.41, 5.74) is -0.575. The van der Waals surface area contributed by atoms with Crippen molar-refractivity contribution in [2.75, 3.05) is 6.61 Å². The van der Waals surface area contributed by atoms with Crippen LogP contribution in [-0.2, 0) is 14.2 Å². The van der Waals surface area contributed by atoms with Crippen molar-refractivity contribution in [2.45, 2.75) is 68.3 Å². The number of hydrogen-bond acceptors (Lipinski definition) is 15. The molecule has 42 heavy (non-hydrogen) atoms. The first kappa shape index (κ1) is 30.0. The quantitative estimate of drug-likeness (QED) is 0.149. The van der Waals surface area contributed by atoms with Crippen molar-refractivity contribution in [1.82, 2.24) is 0 Å². The van der Waals surface area contributed by atoms with Gasteiger partial charge in [-0.1, -0.05) is 0 Å². The van der Waals surface area contributed by atoms with E-state index in [9.17, 15) is 50.8 Å². The first-order valence-electron chi connectivity index (χ1n) is 12.9. The molecule has 15 heteroatoms. The number of phenols is 3. The van der Waals surface area contributed by atoms with E-state index in [0.29, 0.717) is 0 Å². The average Bonchev–Trinajstić information content (AvgIpc) is 2.95. The zero-order valence-corrected chi connectivity index (χ0v) is 21.9. The van der Waals surface area contributed by atoms with Crippen LogP contribution in [0.25, 0.3) is 22.3 Å². The Bertz CT molecular complexity index is 1490. The third-order valence-electron chi connectivity index (χ3n) is 7.22. The molecule has 15 nitrogen and oxygen atoms in total. The smallest absolute Gasteiger partial charge is 0.229 e. The van der Waals surface area contributed by atoms with Gasteiger partial charge in [0.15, 0.2) is 29.3 Å². The molecule has 2 fully saturated rings. The van der Waals surface area contributed by atoms with Gasteiger partial charge in [-0.2, -0.15) is 0 Å². The molecule has 0 amide bonds. The Balaban J connectivity index is 1.48. The number of aliphatic hydroxyl groups is 6. The number of aliphatic hydroxyl groups excluding tert-OH is 6. The van der Waals surface area contributed by atoms with E-state index in [0.717, 1.165) is 18.2 Å². The van der Waals surface area contributed by atoms with Crippen LogP contribution in [0.3, 0.4) is 0 Å². The number of phenolic OH excluding ortho intramolecular Hbond substituents is 3. The molecule has 0 spiro atoms. The predicted molar refractivity (Wildman–Crippen MR) is 139 cm³/mol. The SMILES string of the molecule is C[C@H]1O[C@@H](O[C@H]2[C@@H](Oc3cc(O)c4c(=O)cc(-c5ccc(O)c(O)c5)oc4c3)O[C@@H](CO)[C@@H](O)[C@@H]2O)[C@H](O)[C@H](O)[C@H]1O. The Hall–Kier alpha value is -3.51. The maximum atomic E-state index is 12.8. The van der Waals surface area contributed by atoms with Crippen LogP contribution in [0.2, 0.25) is 0 Å². The number of aromatic hydroxyl groups is 3. The molecule has 228 valence electrons. The van der Waals surface area contributed by atoms with Crippen LogP contribution in [0.5, 0.6) is 23.0 Å². The topological polar surface area (TPSA) is 249 Å². The Morgan fingerprint density at radius 3 is 2.21 bits per heavy atom. The molecule has 2 aromatic carbocycles. The molecule has 2 aliphatic heterocycles. The van der Waals surface area contributed by atoms with Crippen molar-refractivity contribution in [3.05, 3.63) is 46.6 Å². The van der Waals surface area contributed by atoms with Crippen molar-refractivity contribution < 1.29 is 69.3 Å². The van der Waals surface area contributed by atoms with Gasteiger partial charge in [0.1, 0.15) is 64.9 Å². The second-order valence-electron chi connectivity index (χ2n) is 10.1. The molecule has 0 saturated carbocycles. The first-order chi connectivity index (χ1) is 19.9. The van der Waals surface area contributed by atoms with Gasteiger partial charge in [-0.05, 0) is 25.1 Å². The van der Waals surface area contributed by atoms with Crippen LogP contribution in [0.15, 0.2) is 45.6 Å². The predicted octanol–water partition coefficient (Wildman–Crippen LogP) is -1.39. The molecule has 5 rings (SSSR count). The fourth-order valence-corrected chi connectivity index (χ4v) is 4.84. The van der Waals surface area contributed by atoms with Gasteiger partial charge in [0.2, 0.25) is 6.29 Å². The monoisotopic (exact) mass is 594 g/mol. The summed E-state index contributed by atoms with van der Waals surface area (Å²) in [7, 11) is 0. The summed E-state index contributed by atoms with van der Waals surface area (Å²) in [5.74, 6) is -1.60. The summed E-state index contributed by atoms with van der Waals surface area (Å²) >= 11 is 0. The molecule has 3 aromatic rings. The highest BCUT2D eigenvalue weighted by Gasteiger charge is 2.50. The van der Waals surface area contributed by atoms with E-state index in [1.54, 1.807) is 0 Å². The van der Waals surface area contributed by atoms with Gasteiger partial charge in [0, 0.05) is 23.8 Å². The molecule has 0 unspecified atom stereocenters. The molecule has 9 N–H and O–H groups in total. The Morgan fingerprint density at radius 2 is 1.52 bits per heavy atom. The third-order valence-corrected chi connectivity index (χ3v) is 7.22. The largest absolute Gasteiger partial charge is 0.507 e. The van der Waals surface area contributed by atoms with E-state index >= 15 is 0 Å². The minimum atomic E-state index is -1.78. The van der Waals surface area contributed by atoms with Crippen LogP contribution in [0.1, 0.15) is 6.92 Å². The number of benzene rings is 2. The van der Waals surface area contributed by atoms with E-state index < -0.39 is 84.9 Å². The average molecular weight is 595 g/mol. The van der Waals surface area contributed by atoms with E-state index in [2.05, 4.69) is 0 Å². The minimum absolute atomic E-state index is 0.0216. The van der Waals surface area contributed by atoms with Crippen LogP contribution >= 0.6 is 0 Å². The molecular weight excluding hydrogens is 564 g/mol. The lowest BCUT2D eigenvalue weighted by atomic mass is 9.97. The fraction of sp³-hybridized carbons (Fsp3) is 0.444. The number of hydrogen-bond donors (Lipinski definition) is 9. The van der Waals surface area contributed by atoms with E-state index in [4.69, 9.17) is 23.4 Å². The van der Waals surface area contributed by atoms with Crippen LogP contribution in [0.4, 0.5) is 0 Å². The maximum Gasteiger partial charge on any atom is 0.229 e. The first-order valence-corrected chi connectivity index (χ1v) is 12.9. The fourth-order valence-electron chi connectivity index (χ4n) is 4.84. The Morgan fingerprint density at radius 1 is 0.786 bits per heavy atom. The molecule has 2 aliphatic rings. The summed E-state index contributed by atoms with van der Waals surface area (Å²) in [4.78, 5) is 12.8. The highest BCUT2D eigenvalue weighted by molar-refractivity contribution is 5.86. The van der Waals surface area contributed by atoms with Crippen molar-refractivity contribution in [1.29, 1.82) is 0 Å². The lowest BCUT2D eigenvalue weighted by Gasteiger charge is -2.45. The normalized spacial score (nSPS) is 33.5. The highest BCUT2D eigenvalue weighted by Crippen LogP contribution is 2.36. The molecule has 0 aliphatic carbocycles. The van der Waals surface area contributed by atoms with Gasteiger partial charge in [-0.15, -0.1) is 0 Å². The Labute approximate surface area is 236 Å². The highest BCUT2D eigenvalue weighted by atomic mass is 16.8. The van der Waals surface area contributed by atoms with Crippen molar-refractivity contribution in [2.24, 2.45) is 0 Å². The second kappa shape index (κ2) is 11.6. The number of ether oxygens (including phenoxy) is 4. The van der Waals surface area contributed by atoms with E-state index in [1.807, 2.05) is 0 Å². The summed E-state index contributed by atoms with van der Waals surface area (Å²) in [5, 5.41) is 91.2. The third kappa shape index (κ3) is 5.49. The van der Waals surface area contributed by atoms with Crippen LogP contribution < -0.4 is 10.2 Å². The van der Waals surface area contributed by atoms with Crippen molar-refractivity contribution in [3.63, 3.8) is 0 Å². The standard InChI is InChI=1S/C27H30O15/c1-9-20(33)22(35)24(37)26(38-9)42-25-23(36)21(34)18(8-28)41-27(25)39-11-5-14(31)19-15(32)7-16(40-17(19)6-11)10-2-3-12(29)13(30)4-10/h2-7,9,18,20-31,33-37H,8H2,1H3/t9-,18+,20+,21-,22-,23+,24-,25-,26+,27+/m1/s1. The maximum absolute atomic E-state index is 12.8. The summed E-state index contributed by atoms with van der Waals surface area (Å²) < 4.78 is 28.3. The van der Waals surface area contributed by atoms with Crippen LogP contribution in [0, 0.1) is 0 Å². The second-order valence-corrected chi connectivity index (χ2v) is 10.1. The zero-order valence-electron chi connectivity index (χ0n) is 21.9. The van der Waals surface area contributed by atoms with Gasteiger partial charge in [-0.3, -0.25) is 4.79 Å². The van der Waals surface area contributed by atoms with E-state index in [1.165, 1.54) is 25.1 Å². The summed E-state index contributed by atoms with van der Waals surface area (Å²) in [6.07, 6.45) is -15.5. The number of fused-ring (bicyclic) bond motifs is 1. The van der Waals surface area contributed by atoms with Crippen molar-refractivity contribution in [3.8, 4) is 34.3 Å². The molecule has 0 radical (unpaired) electrons. The number of rotatable bonds is 6. The van der Waals surface area contributed by atoms with Crippen LogP contribution in [-0.4, -0.2) is 114 Å². The molecular formula is C27H30O15. The van der Waals surface area contributed by atoms with Crippen molar-refractivity contribution >= 4 is 11.0 Å². The lowest BCUT2D eigenvalue weighted by Crippen LogP contribution is -2.64. The molecule has 10 atom stereocenters. The van der Waals surface area contributed by atoms with E-state index in [-0.39, 0.29) is 33.8 Å². The molecule has 0 bridgehead atoms. The van der Waals surface area contributed by atoms with Gasteiger partial charge in [-0.25, -0.2) is 0 Å². The zero-order chi connectivity index (χ0) is 30.5. The lowest BCUT2D eigenvalue weighted by molar-refractivity contribution is -0.354.